The molecule has 0 radical (unpaired) electrons. The average molecular weight is 389 g/mol. The number of carbonyl (C=O) groups excluding carboxylic acids is 1. The van der Waals surface area contributed by atoms with Crippen LogP contribution in [0.4, 0.5) is 4.79 Å². The maximum absolute atomic E-state index is 12.0. The highest BCUT2D eigenvalue weighted by molar-refractivity contribution is 5.67. The summed E-state index contributed by atoms with van der Waals surface area (Å²) in [5.41, 5.74) is 0.426. The first kappa shape index (κ1) is 21.3. The summed E-state index contributed by atoms with van der Waals surface area (Å²) in [5, 5.41) is 18.4. The number of fused-ring (bicyclic) bond motifs is 1. The van der Waals surface area contributed by atoms with Gasteiger partial charge in [-0.05, 0) is 6.92 Å². The highest BCUT2D eigenvalue weighted by Crippen LogP contribution is 2.30. The van der Waals surface area contributed by atoms with Crippen molar-refractivity contribution in [2.45, 2.75) is 6.92 Å². The number of nitriles is 2. The van der Waals surface area contributed by atoms with Gasteiger partial charge in [0.15, 0.2) is 11.5 Å². The van der Waals surface area contributed by atoms with Gasteiger partial charge in [0.1, 0.15) is 25.4 Å². The molecule has 2 rings (SSSR count). The predicted molar refractivity (Wildman–Crippen MR) is 97.1 cm³/mol. The van der Waals surface area contributed by atoms with Crippen LogP contribution in [0.1, 0.15) is 18.1 Å². The average Bonchev–Trinajstić information content (AvgIpc) is 2.71. The van der Waals surface area contributed by atoms with Crippen LogP contribution < -0.4 is 9.47 Å². The van der Waals surface area contributed by atoms with Crippen molar-refractivity contribution in [2.75, 3.05) is 59.3 Å². The Bertz CT molecular complexity index is 687. The lowest BCUT2D eigenvalue weighted by Crippen LogP contribution is -2.37. The molecule has 0 saturated heterocycles. The molecule has 0 unspecified atom stereocenters. The van der Waals surface area contributed by atoms with Gasteiger partial charge in [-0.15, -0.1) is 0 Å². The Morgan fingerprint density at radius 2 is 1.46 bits per heavy atom. The minimum Gasteiger partial charge on any atom is -0.487 e. The Labute approximate surface area is 163 Å². The van der Waals surface area contributed by atoms with Gasteiger partial charge in [-0.3, -0.25) is 0 Å². The van der Waals surface area contributed by atoms with E-state index in [4.69, 9.17) is 23.7 Å². The summed E-state index contributed by atoms with van der Waals surface area (Å²) in [4.78, 5) is 13.5. The van der Waals surface area contributed by atoms with Gasteiger partial charge in [-0.1, -0.05) is 0 Å². The molecule has 150 valence electrons. The van der Waals surface area contributed by atoms with Gasteiger partial charge in [0, 0.05) is 25.2 Å². The highest BCUT2D eigenvalue weighted by atomic mass is 16.6. The van der Waals surface area contributed by atoms with Crippen LogP contribution in [-0.4, -0.2) is 70.3 Å². The quantitative estimate of drug-likeness (QED) is 0.713. The van der Waals surface area contributed by atoms with Gasteiger partial charge in [0.05, 0.1) is 44.2 Å². The Balaban J connectivity index is 2.05. The number of rotatable bonds is 1. The molecule has 0 bridgehead atoms. The summed E-state index contributed by atoms with van der Waals surface area (Å²) in [6.45, 7) is 4.46. The number of hydrogen-bond donors (Lipinski definition) is 0. The van der Waals surface area contributed by atoms with E-state index in [2.05, 4.69) is 0 Å². The lowest BCUT2D eigenvalue weighted by Gasteiger charge is -2.21. The zero-order valence-electron chi connectivity index (χ0n) is 15.8. The first-order chi connectivity index (χ1) is 13.7. The maximum atomic E-state index is 12.0. The third kappa shape index (κ3) is 6.31. The molecular weight excluding hydrogens is 366 g/mol. The number of amides is 1. The molecule has 0 fully saturated rings. The lowest BCUT2D eigenvalue weighted by atomic mass is 10.1. The van der Waals surface area contributed by atoms with E-state index in [0.717, 1.165) is 0 Å². The third-order valence-electron chi connectivity index (χ3n) is 3.83. The topological polar surface area (TPSA) is 114 Å². The number of hydrogen-bond acceptors (Lipinski definition) is 8. The van der Waals surface area contributed by atoms with Crippen molar-refractivity contribution < 1.29 is 28.5 Å². The largest absolute Gasteiger partial charge is 0.487 e. The van der Waals surface area contributed by atoms with E-state index in [1.165, 1.54) is 17.0 Å². The van der Waals surface area contributed by atoms with Crippen molar-refractivity contribution in [1.29, 1.82) is 10.5 Å². The summed E-state index contributed by atoms with van der Waals surface area (Å²) in [6.07, 6.45) is -0.410. The van der Waals surface area contributed by atoms with E-state index < -0.39 is 6.09 Å². The Morgan fingerprint density at radius 1 is 0.964 bits per heavy atom. The zero-order valence-corrected chi connectivity index (χ0v) is 15.8. The van der Waals surface area contributed by atoms with Crippen molar-refractivity contribution >= 4 is 6.09 Å². The van der Waals surface area contributed by atoms with Gasteiger partial charge < -0.3 is 28.6 Å². The van der Waals surface area contributed by atoms with Crippen LogP contribution in [0.2, 0.25) is 0 Å². The monoisotopic (exact) mass is 389 g/mol. The first-order valence-corrected chi connectivity index (χ1v) is 9.00. The molecule has 0 spiro atoms. The molecule has 0 saturated carbocycles. The minimum atomic E-state index is -0.410. The fraction of sp³-hybridized carbons (Fsp3) is 0.526. The SMILES string of the molecule is CCOC(=O)N1CCOCCOc2cc(C#N)c(C#N)cc2OCCOCC1. The number of benzene rings is 1. The molecule has 1 amide bonds. The van der Waals surface area contributed by atoms with Gasteiger partial charge in [-0.2, -0.15) is 10.5 Å². The van der Waals surface area contributed by atoms with E-state index in [9.17, 15) is 15.3 Å². The summed E-state index contributed by atoms with van der Waals surface area (Å²) < 4.78 is 27.4. The number of nitrogens with zero attached hydrogens (tertiary/aromatic N) is 3. The van der Waals surface area contributed by atoms with Crippen LogP contribution >= 0.6 is 0 Å². The summed E-state index contributed by atoms with van der Waals surface area (Å²) in [5.74, 6) is 0.726. The standard InChI is InChI=1S/C19H23N3O6/c1-2-26-19(23)22-3-5-24-7-9-27-17-11-15(13-20)16(14-21)12-18(17)28-10-8-25-6-4-22/h11-12H,2-10H2,1H3. The number of carbonyl (C=O) groups is 1. The second kappa shape index (κ2) is 11.7. The third-order valence-corrected chi connectivity index (χ3v) is 3.83. The van der Waals surface area contributed by atoms with E-state index in [1.807, 2.05) is 12.1 Å². The van der Waals surface area contributed by atoms with Crippen molar-refractivity contribution in [3.8, 4) is 23.6 Å². The second-order valence-corrected chi connectivity index (χ2v) is 5.68. The van der Waals surface area contributed by atoms with Crippen LogP contribution in [0.5, 0.6) is 11.5 Å². The molecule has 1 aliphatic rings. The molecule has 1 aromatic rings. The molecule has 28 heavy (non-hydrogen) atoms. The second-order valence-electron chi connectivity index (χ2n) is 5.68. The highest BCUT2D eigenvalue weighted by Gasteiger charge is 2.15. The van der Waals surface area contributed by atoms with Crippen LogP contribution in [0.25, 0.3) is 0 Å². The Hall–Kier alpha value is -3.01. The molecule has 0 aromatic heterocycles. The Morgan fingerprint density at radius 3 is 1.89 bits per heavy atom. The van der Waals surface area contributed by atoms with E-state index >= 15 is 0 Å². The van der Waals surface area contributed by atoms with Gasteiger partial charge >= 0.3 is 6.09 Å². The summed E-state index contributed by atoms with van der Waals surface area (Å²) in [7, 11) is 0. The predicted octanol–water partition coefficient (Wildman–Crippen LogP) is 1.69. The van der Waals surface area contributed by atoms with Gasteiger partial charge in [-0.25, -0.2) is 4.79 Å². The molecule has 1 aromatic carbocycles. The zero-order chi connectivity index (χ0) is 20.2. The van der Waals surface area contributed by atoms with Crippen LogP contribution in [0.3, 0.4) is 0 Å². The molecular formula is C19H23N3O6. The molecule has 0 N–H and O–H groups in total. The van der Waals surface area contributed by atoms with Crippen molar-refractivity contribution in [3.05, 3.63) is 23.3 Å². The molecule has 1 heterocycles. The molecule has 0 aliphatic carbocycles. The lowest BCUT2D eigenvalue weighted by molar-refractivity contribution is 0.0486. The molecule has 9 heteroatoms. The molecule has 0 atom stereocenters. The van der Waals surface area contributed by atoms with E-state index in [1.54, 1.807) is 6.92 Å². The fourth-order valence-electron chi connectivity index (χ4n) is 2.45. The van der Waals surface area contributed by atoms with Crippen molar-refractivity contribution in [1.82, 2.24) is 4.90 Å². The van der Waals surface area contributed by atoms with Crippen molar-refractivity contribution in [3.63, 3.8) is 0 Å². The van der Waals surface area contributed by atoms with Gasteiger partial charge in [0.2, 0.25) is 0 Å². The normalized spacial score (nSPS) is 16.0. The Kier molecular flexibility index (Phi) is 8.86. The number of ether oxygens (including phenoxy) is 5. The summed E-state index contributed by atoms with van der Waals surface area (Å²) >= 11 is 0. The molecule has 1 aliphatic heterocycles. The first-order valence-electron chi connectivity index (χ1n) is 9.00. The van der Waals surface area contributed by atoms with Crippen molar-refractivity contribution in [2.24, 2.45) is 0 Å². The minimum absolute atomic E-state index is 0.213. The smallest absolute Gasteiger partial charge is 0.409 e. The van der Waals surface area contributed by atoms with Gasteiger partial charge in [0.25, 0.3) is 0 Å². The van der Waals surface area contributed by atoms with E-state index in [-0.39, 0.29) is 37.6 Å². The molecule has 9 nitrogen and oxygen atoms in total. The maximum Gasteiger partial charge on any atom is 0.409 e. The van der Waals surface area contributed by atoms with Crippen LogP contribution in [0, 0.1) is 22.7 Å². The summed E-state index contributed by atoms with van der Waals surface area (Å²) in [6, 6.07) is 6.91. The van der Waals surface area contributed by atoms with E-state index in [0.29, 0.717) is 44.4 Å². The van der Waals surface area contributed by atoms with Crippen LogP contribution in [0.15, 0.2) is 12.1 Å². The van der Waals surface area contributed by atoms with Crippen LogP contribution in [-0.2, 0) is 14.2 Å². The fourth-order valence-corrected chi connectivity index (χ4v) is 2.45.